The van der Waals surface area contributed by atoms with Crippen LogP contribution < -0.4 is 10.1 Å². The Bertz CT molecular complexity index is 565. The predicted molar refractivity (Wildman–Crippen MR) is 80.3 cm³/mol. The minimum Gasteiger partial charge on any atom is -0.493 e. The molecule has 0 radical (unpaired) electrons. The number of hydrogen-bond acceptors (Lipinski definition) is 2. The lowest BCUT2D eigenvalue weighted by Gasteiger charge is -2.07. The zero-order chi connectivity index (χ0) is 13.1. The Labute approximate surface area is 121 Å². The Morgan fingerprint density at radius 2 is 1.74 bits per heavy atom. The molecule has 0 aliphatic carbocycles. The Balaban J connectivity index is 1.56. The topological polar surface area (TPSA) is 21.3 Å². The number of fused-ring (bicyclic) bond motifs is 1. The molecule has 0 unspecified atom stereocenters. The van der Waals surface area contributed by atoms with Crippen molar-refractivity contribution in [2.45, 2.75) is 19.5 Å². The van der Waals surface area contributed by atoms with Gasteiger partial charge in [-0.3, -0.25) is 0 Å². The Morgan fingerprint density at radius 3 is 2.58 bits per heavy atom. The van der Waals surface area contributed by atoms with E-state index in [1.54, 1.807) is 0 Å². The van der Waals surface area contributed by atoms with E-state index in [4.69, 9.17) is 4.74 Å². The number of nitrogens with one attached hydrogen (secondary N) is 1. The lowest BCUT2D eigenvalue weighted by molar-refractivity contribution is 0.357. The maximum absolute atomic E-state index is 5.51. The molecule has 0 amide bonds. The second-order valence-electron chi connectivity index (χ2n) is 4.77. The van der Waals surface area contributed by atoms with Crippen LogP contribution in [0.3, 0.4) is 0 Å². The summed E-state index contributed by atoms with van der Waals surface area (Å²) in [6.45, 7) is 2.61. The predicted octanol–water partition coefficient (Wildman–Crippen LogP) is 3.67. The first-order chi connectivity index (χ1) is 9.31. The van der Waals surface area contributed by atoms with Crippen molar-refractivity contribution in [3.63, 3.8) is 0 Å². The first-order valence-corrected chi connectivity index (χ1v) is 7.30. The average molecular weight is 318 g/mol. The normalized spacial score (nSPS) is 13.1. The van der Waals surface area contributed by atoms with Gasteiger partial charge in [-0.15, -0.1) is 0 Å². The van der Waals surface area contributed by atoms with E-state index in [0.717, 1.165) is 36.3 Å². The van der Waals surface area contributed by atoms with Crippen molar-refractivity contribution in [3.05, 3.63) is 63.6 Å². The van der Waals surface area contributed by atoms with E-state index in [0.29, 0.717) is 0 Å². The zero-order valence-electron chi connectivity index (χ0n) is 10.7. The molecule has 98 valence electrons. The molecule has 2 nitrogen and oxygen atoms in total. The van der Waals surface area contributed by atoms with Crippen molar-refractivity contribution >= 4 is 15.9 Å². The highest BCUT2D eigenvalue weighted by Gasteiger charge is 2.11. The van der Waals surface area contributed by atoms with E-state index in [1.165, 1.54) is 16.7 Å². The Morgan fingerprint density at radius 1 is 1.00 bits per heavy atom. The van der Waals surface area contributed by atoms with Crippen molar-refractivity contribution in [2.75, 3.05) is 6.61 Å². The number of halogens is 1. The monoisotopic (exact) mass is 317 g/mol. The Kier molecular flexibility index (Phi) is 3.85. The van der Waals surface area contributed by atoms with Crippen LogP contribution in [0.4, 0.5) is 0 Å². The lowest BCUT2D eigenvalue weighted by Crippen LogP contribution is -2.12. The molecule has 19 heavy (non-hydrogen) atoms. The van der Waals surface area contributed by atoms with Crippen LogP contribution >= 0.6 is 15.9 Å². The van der Waals surface area contributed by atoms with Gasteiger partial charge in [-0.2, -0.15) is 0 Å². The van der Waals surface area contributed by atoms with Gasteiger partial charge in [0.15, 0.2) is 0 Å². The highest BCUT2D eigenvalue weighted by molar-refractivity contribution is 9.10. The molecule has 1 heterocycles. The van der Waals surface area contributed by atoms with Gasteiger partial charge >= 0.3 is 0 Å². The zero-order valence-corrected chi connectivity index (χ0v) is 12.2. The third kappa shape index (κ3) is 3.17. The van der Waals surface area contributed by atoms with Crippen molar-refractivity contribution in [2.24, 2.45) is 0 Å². The van der Waals surface area contributed by atoms with Gasteiger partial charge < -0.3 is 10.1 Å². The Hall–Kier alpha value is -1.32. The minimum atomic E-state index is 0.825. The van der Waals surface area contributed by atoms with Crippen LogP contribution in [0.1, 0.15) is 16.7 Å². The van der Waals surface area contributed by atoms with Gasteiger partial charge in [-0.1, -0.05) is 40.2 Å². The summed E-state index contributed by atoms with van der Waals surface area (Å²) in [6.07, 6.45) is 1.04. The van der Waals surface area contributed by atoms with Crippen molar-refractivity contribution in [1.29, 1.82) is 0 Å². The maximum atomic E-state index is 5.51. The smallest absolute Gasteiger partial charge is 0.122 e. The largest absolute Gasteiger partial charge is 0.493 e. The second-order valence-corrected chi connectivity index (χ2v) is 5.69. The molecule has 2 aromatic carbocycles. The summed E-state index contributed by atoms with van der Waals surface area (Å²) >= 11 is 3.45. The summed E-state index contributed by atoms with van der Waals surface area (Å²) in [6, 6.07) is 14.9. The molecule has 1 N–H and O–H groups in total. The molecule has 2 aromatic rings. The number of benzene rings is 2. The van der Waals surface area contributed by atoms with Crippen molar-refractivity contribution in [3.8, 4) is 5.75 Å². The first kappa shape index (κ1) is 12.7. The summed E-state index contributed by atoms with van der Waals surface area (Å²) in [7, 11) is 0. The van der Waals surface area contributed by atoms with Crippen LogP contribution in [0, 0.1) is 0 Å². The molecule has 0 aromatic heterocycles. The van der Waals surface area contributed by atoms with Crippen LogP contribution in [0.2, 0.25) is 0 Å². The van der Waals surface area contributed by atoms with Crippen molar-refractivity contribution < 1.29 is 4.74 Å². The van der Waals surface area contributed by atoms with E-state index in [-0.39, 0.29) is 0 Å². The van der Waals surface area contributed by atoms with E-state index in [1.807, 2.05) is 0 Å². The molecular weight excluding hydrogens is 302 g/mol. The van der Waals surface area contributed by atoms with Crippen LogP contribution in [-0.4, -0.2) is 6.61 Å². The summed E-state index contributed by atoms with van der Waals surface area (Å²) in [5.41, 5.74) is 3.96. The van der Waals surface area contributed by atoms with Gasteiger partial charge in [-0.25, -0.2) is 0 Å². The minimum absolute atomic E-state index is 0.825. The van der Waals surface area contributed by atoms with Gasteiger partial charge in [0.1, 0.15) is 5.75 Å². The average Bonchev–Trinajstić information content (AvgIpc) is 2.88. The highest BCUT2D eigenvalue weighted by Crippen LogP contribution is 2.25. The van der Waals surface area contributed by atoms with Crippen LogP contribution in [0.15, 0.2) is 46.9 Å². The standard InChI is InChI=1S/C16H16BrNO/c17-15-4-1-12(2-5-15)10-18-11-13-3-6-16-14(9-13)7-8-19-16/h1-6,9,18H,7-8,10-11H2. The molecule has 0 saturated carbocycles. The lowest BCUT2D eigenvalue weighted by atomic mass is 10.1. The molecule has 0 atom stereocenters. The van der Waals surface area contributed by atoms with Gasteiger partial charge in [-0.05, 0) is 34.9 Å². The van der Waals surface area contributed by atoms with Gasteiger partial charge in [0.05, 0.1) is 6.61 Å². The van der Waals surface area contributed by atoms with Crippen molar-refractivity contribution in [1.82, 2.24) is 5.32 Å². The van der Waals surface area contributed by atoms with Gasteiger partial charge in [0.25, 0.3) is 0 Å². The molecule has 0 spiro atoms. The van der Waals surface area contributed by atoms with Gasteiger partial charge in [0, 0.05) is 24.0 Å². The number of rotatable bonds is 4. The van der Waals surface area contributed by atoms with Crippen LogP contribution in [0.25, 0.3) is 0 Å². The SMILES string of the molecule is Brc1ccc(CNCc2ccc3c(c2)CCO3)cc1. The quantitative estimate of drug-likeness (QED) is 0.929. The van der Waals surface area contributed by atoms with Gasteiger partial charge in [0.2, 0.25) is 0 Å². The van der Waals surface area contributed by atoms with Crippen LogP contribution in [-0.2, 0) is 19.5 Å². The van der Waals surface area contributed by atoms with E-state index in [2.05, 4.69) is 63.7 Å². The fourth-order valence-electron chi connectivity index (χ4n) is 2.30. The highest BCUT2D eigenvalue weighted by atomic mass is 79.9. The molecular formula is C16H16BrNO. The number of ether oxygens (including phenoxy) is 1. The second kappa shape index (κ2) is 5.76. The first-order valence-electron chi connectivity index (χ1n) is 6.51. The molecule has 3 heteroatoms. The summed E-state index contributed by atoms with van der Waals surface area (Å²) in [5.74, 6) is 1.05. The molecule has 3 rings (SSSR count). The summed E-state index contributed by atoms with van der Waals surface area (Å²) in [5, 5.41) is 3.47. The van der Waals surface area contributed by atoms with E-state index >= 15 is 0 Å². The fourth-order valence-corrected chi connectivity index (χ4v) is 2.57. The summed E-state index contributed by atoms with van der Waals surface area (Å²) in [4.78, 5) is 0. The van der Waals surface area contributed by atoms with E-state index in [9.17, 15) is 0 Å². The molecule has 1 aliphatic rings. The molecule has 0 bridgehead atoms. The van der Waals surface area contributed by atoms with Crippen LogP contribution in [0.5, 0.6) is 5.75 Å². The number of hydrogen-bond donors (Lipinski definition) is 1. The summed E-state index contributed by atoms with van der Waals surface area (Å²) < 4.78 is 6.63. The molecule has 0 saturated heterocycles. The van der Waals surface area contributed by atoms with E-state index < -0.39 is 0 Å². The molecule has 1 aliphatic heterocycles. The molecule has 0 fully saturated rings. The third-order valence-electron chi connectivity index (χ3n) is 3.33. The maximum Gasteiger partial charge on any atom is 0.122 e. The third-order valence-corrected chi connectivity index (χ3v) is 3.85. The fraction of sp³-hybridized carbons (Fsp3) is 0.250.